The molecule has 0 radical (unpaired) electrons. The number of aryl methyl sites for hydroxylation is 1. The van der Waals surface area contributed by atoms with Crippen molar-refractivity contribution >= 4 is 40.9 Å². The number of alkyl halides is 1. The lowest BCUT2D eigenvalue weighted by molar-refractivity contribution is -0.146. The molecule has 39 heavy (non-hydrogen) atoms. The standard InChI is InChI=1S/C25H25FN5O6PS/c1-4-12-35-25(33)21-14-18-13-17(10-11-20(18)39-21)23(26)38(34,37-19-8-6-5-7-9-19)28-16(2)24(32)36-15-22-27-29-30-31(22)3/h4-11,13-14,16,23H,1,12,15H2,2-3H3,(H,28,34). The molecule has 0 fully saturated rings. The van der Waals surface area contributed by atoms with Crippen LogP contribution in [0, 0.1) is 0 Å². The van der Waals surface area contributed by atoms with Crippen molar-refractivity contribution in [1.29, 1.82) is 0 Å². The van der Waals surface area contributed by atoms with Crippen LogP contribution in [0.1, 0.15) is 33.9 Å². The van der Waals surface area contributed by atoms with Gasteiger partial charge in [0, 0.05) is 11.7 Å². The molecule has 3 unspecified atom stereocenters. The lowest BCUT2D eigenvalue weighted by Gasteiger charge is -2.26. The fourth-order valence-electron chi connectivity index (χ4n) is 3.44. The van der Waals surface area contributed by atoms with Crippen LogP contribution in [0.2, 0.25) is 0 Å². The molecule has 0 saturated heterocycles. The normalized spacial score (nSPS) is 14.2. The number of fused-ring (bicyclic) bond motifs is 1. The Labute approximate surface area is 227 Å². The van der Waals surface area contributed by atoms with E-state index in [2.05, 4.69) is 27.2 Å². The van der Waals surface area contributed by atoms with E-state index in [1.54, 1.807) is 37.4 Å². The van der Waals surface area contributed by atoms with Crippen LogP contribution in [0.3, 0.4) is 0 Å². The quantitative estimate of drug-likeness (QED) is 0.144. The summed E-state index contributed by atoms with van der Waals surface area (Å²) in [6.07, 6.45) is 1.46. The first-order chi connectivity index (χ1) is 18.7. The van der Waals surface area contributed by atoms with Crippen molar-refractivity contribution in [2.24, 2.45) is 7.05 Å². The number of carbonyl (C=O) groups is 2. The van der Waals surface area contributed by atoms with Gasteiger partial charge in [0.15, 0.2) is 12.4 Å². The van der Waals surface area contributed by atoms with E-state index < -0.39 is 31.4 Å². The molecular weight excluding hydrogens is 548 g/mol. The van der Waals surface area contributed by atoms with Crippen molar-refractivity contribution in [3.05, 3.63) is 83.5 Å². The number of tetrazole rings is 1. The first-order valence-electron chi connectivity index (χ1n) is 11.7. The van der Waals surface area contributed by atoms with Gasteiger partial charge in [-0.05, 0) is 58.6 Å². The second-order valence-electron chi connectivity index (χ2n) is 8.31. The largest absolute Gasteiger partial charge is 0.457 e. The second kappa shape index (κ2) is 12.3. The third-order valence-corrected chi connectivity index (χ3v) is 8.63. The highest BCUT2D eigenvalue weighted by molar-refractivity contribution is 7.57. The number of thiophene rings is 1. The third-order valence-electron chi connectivity index (χ3n) is 5.41. The lowest BCUT2D eigenvalue weighted by Crippen LogP contribution is -2.35. The van der Waals surface area contributed by atoms with E-state index in [1.807, 2.05) is 0 Å². The van der Waals surface area contributed by atoms with E-state index in [0.717, 1.165) is 0 Å². The van der Waals surface area contributed by atoms with Gasteiger partial charge in [0.25, 0.3) is 0 Å². The zero-order chi connectivity index (χ0) is 28.0. The lowest BCUT2D eigenvalue weighted by atomic mass is 10.2. The fourth-order valence-corrected chi connectivity index (χ4v) is 6.29. The van der Waals surface area contributed by atoms with E-state index in [1.165, 1.54) is 53.3 Å². The summed E-state index contributed by atoms with van der Waals surface area (Å²) < 4.78 is 48.1. The van der Waals surface area contributed by atoms with Crippen LogP contribution in [0.4, 0.5) is 4.39 Å². The Morgan fingerprint density at radius 3 is 2.67 bits per heavy atom. The Bertz CT molecular complexity index is 1530. The fraction of sp³-hybridized carbons (Fsp3) is 0.240. The molecule has 2 heterocycles. The SMILES string of the molecule is C=CCOC(=O)c1cc2cc(C(F)P(=O)(NC(C)C(=O)OCc3nnnn3C)Oc3ccccc3)ccc2s1. The predicted molar refractivity (Wildman–Crippen MR) is 142 cm³/mol. The summed E-state index contributed by atoms with van der Waals surface area (Å²) in [6.45, 7) is 4.72. The maximum absolute atomic E-state index is 16.1. The number of halogens is 1. The minimum absolute atomic E-state index is 0.0313. The molecule has 204 valence electrons. The maximum atomic E-state index is 16.1. The van der Waals surface area contributed by atoms with Crippen LogP contribution in [-0.2, 0) is 32.5 Å². The smallest absolute Gasteiger partial charge is 0.355 e. The highest BCUT2D eigenvalue weighted by Gasteiger charge is 2.41. The molecule has 0 amide bonds. The van der Waals surface area contributed by atoms with Crippen LogP contribution in [-0.4, -0.2) is 44.8 Å². The average Bonchev–Trinajstić information content (AvgIpc) is 3.55. The van der Waals surface area contributed by atoms with E-state index in [0.29, 0.717) is 20.8 Å². The number of ether oxygens (including phenoxy) is 2. The van der Waals surface area contributed by atoms with Crippen molar-refractivity contribution in [3.63, 3.8) is 0 Å². The number of carbonyl (C=O) groups excluding carboxylic acids is 2. The van der Waals surface area contributed by atoms with E-state index in [9.17, 15) is 14.2 Å². The van der Waals surface area contributed by atoms with Gasteiger partial charge in [-0.15, -0.1) is 16.4 Å². The van der Waals surface area contributed by atoms with Gasteiger partial charge < -0.3 is 14.0 Å². The van der Waals surface area contributed by atoms with Gasteiger partial charge in [-0.2, -0.15) is 0 Å². The van der Waals surface area contributed by atoms with Gasteiger partial charge in [-0.1, -0.05) is 36.9 Å². The highest BCUT2D eigenvalue weighted by atomic mass is 32.1. The molecule has 0 aliphatic rings. The topological polar surface area (TPSA) is 135 Å². The zero-order valence-corrected chi connectivity index (χ0v) is 22.7. The van der Waals surface area contributed by atoms with Gasteiger partial charge in [-0.25, -0.2) is 19.0 Å². The summed E-state index contributed by atoms with van der Waals surface area (Å²) in [6, 6.07) is 13.0. The molecule has 0 saturated carbocycles. The summed E-state index contributed by atoms with van der Waals surface area (Å²) in [4.78, 5) is 25.2. The van der Waals surface area contributed by atoms with Crippen LogP contribution >= 0.6 is 18.9 Å². The van der Waals surface area contributed by atoms with Gasteiger partial charge in [0.1, 0.15) is 23.3 Å². The van der Waals surface area contributed by atoms with Crippen LogP contribution in [0.5, 0.6) is 5.75 Å². The molecule has 0 aliphatic heterocycles. The second-order valence-corrected chi connectivity index (χ2v) is 11.5. The van der Waals surface area contributed by atoms with E-state index >= 15 is 4.39 Å². The van der Waals surface area contributed by atoms with Gasteiger partial charge in [0.05, 0.1) is 0 Å². The van der Waals surface area contributed by atoms with Crippen molar-refractivity contribution in [3.8, 4) is 5.75 Å². The van der Waals surface area contributed by atoms with Crippen molar-refractivity contribution in [2.75, 3.05) is 6.61 Å². The van der Waals surface area contributed by atoms with Gasteiger partial charge in [-0.3, -0.25) is 9.36 Å². The molecule has 11 nitrogen and oxygen atoms in total. The number of rotatable bonds is 12. The summed E-state index contributed by atoms with van der Waals surface area (Å²) in [5.41, 5.74) is 0.0313. The van der Waals surface area contributed by atoms with E-state index in [4.69, 9.17) is 14.0 Å². The highest BCUT2D eigenvalue weighted by Crippen LogP contribution is 2.58. The summed E-state index contributed by atoms with van der Waals surface area (Å²) in [7, 11) is -2.84. The molecule has 2 aromatic carbocycles. The Morgan fingerprint density at radius 1 is 1.21 bits per heavy atom. The van der Waals surface area contributed by atoms with E-state index in [-0.39, 0.29) is 24.5 Å². The molecule has 0 aliphatic carbocycles. The molecule has 4 rings (SSSR count). The van der Waals surface area contributed by atoms with Crippen LogP contribution < -0.4 is 9.61 Å². The molecule has 1 N–H and O–H groups in total. The first-order valence-corrected chi connectivity index (χ1v) is 14.2. The molecule has 0 spiro atoms. The Kier molecular flexibility index (Phi) is 8.85. The minimum atomic E-state index is -4.42. The number of hydrogen-bond acceptors (Lipinski definition) is 10. The van der Waals surface area contributed by atoms with Gasteiger partial charge in [0.2, 0.25) is 5.91 Å². The van der Waals surface area contributed by atoms with Crippen molar-refractivity contribution in [1.82, 2.24) is 25.3 Å². The Balaban J connectivity index is 1.57. The molecule has 4 aromatic rings. The van der Waals surface area contributed by atoms with Crippen LogP contribution in [0.15, 0.2) is 67.3 Å². The molecule has 14 heteroatoms. The number of nitrogens with zero attached hydrogens (tertiary/aromatic N) is 4. The summed E-state index contributed by atoms with van der Waals surface area (Å²) in [5, 5.41) is 13.9. The monoisotopic (exact) mass is 573 g/mol. The average molecular weight is 574 g/mol. The maximum Gasteiger partial charge on any atom is 0.355 e. The molecule has 3 atom stereocenters. The first kappa shape index (κ1) is 28.1. The van der Waals surface area contributed by atoms with Gasteiger partial charge >= 0.3 is 19.5 Å². The van der Waals surface area contributed by atoms with Crippen molar-refractivity contribution in [2.45, 2.75) is 25.5 Å². The Hall–Kier alpha value is -3.93. The van der Waals surface area contributed by atoms with Crippen molar-refractivity contribution < 1.29 is 32.5 Å². The minimum Gasteiger partial charge on any atom is -0.457 e. The number of benzene rings is 2. The Morgan fingerprint density at radius 2 is 1.97 bits per heavy atom. The number of esters is 2. The van der Waals surface area contributed by atoms with Crippen LogP contribution in [0.25, 0.3) is 10.1 Å². The third kappa shape index (κ3) is 6.75. The predicted octanol–water partition coefficient (Wildman–Crippen LogP) is 4.73. The summed E-state index contributed by atoms with van der Waals surface area (Å²) in [5.74, 6) is -3.07. The number of para-hydroxylation sites is 1. The number of hydrogen-bond donors (Lipinski definition) is 1. The number of nitrogens with one attached hydrogen (secondary N) is 1. The molecule has 2 aromatic heterocycles. The molecular formula is C25H25FN5O6PS. The summed E-state index contributed by atoms with van der Waals surface area (Å²) >= 11 is 1.18. The zero-order valence-electron chi connectivity index (χ0n) is 21.0. The number of aromatic nitrogens is 4. The molecule has 0 bridgehead atoms.